The van der Waals surface area contributed by atoms with Gasteiger partial charge in [0.05, 0.1) is 7.11 Å². The fraction of sp³-hybridized carbons (Fsp3) is 0.235. The lowest BCUT2D eigenvalue weighted by molar-refractivity contribution is 0.0993. The molecule has 0 aromatic heterocycles. The Labute approximate surface area is 122 Å². The van der Waals surface area contributed by atoms with Gasteiger partial charge in [0.15, 0.2) is 17.3 Å². The van der Waals surface area contributed by atoms with Gasteiger partial charge >= 0.3 is 0 Å². The molecule has 0 radical (unpaired) electrons. The molecule has 1 aliphatic heterocycles. The van der Waals surface area contributed by atoms with Crippen LogP contribution >= 0.6 is 0 Å². The molecule has 108 valence electrons. The number of benzene rings is 2. The Bertz CT molecular complexity index is 697. The number of nitrogens with one attached hydrogen (secondary N) is 1. The zero-order valence-electron chi connectivity index (χ0n) is 11.8. The molecule has 1 N–H and O–H groups in total. The van der Waals surface area contributed by atoms with E-state index in [1.807, 2.05) is 18.2 Å². The highest BCUT2D eigenvalue weighted by molar-refractivity contribution is 5.97. The minimum Gasteiger partial charge on any atom is -0.494 e. The van der Waals surface area contributed by atoms with Crippen LogP contribution in [0.15, 0.2) is 36.4 Å². The van der Waals surface area contributed by atoms with Gasteiger partial charge in [-0.25, -0.2) is 4.39 Å². The van der Waals surface area contributed by atoms with Crippen LogP contribution in [0.3, 0.4) is 0 Å². The topological polar surface area (TPSA) is 38.3 Å². The number of methoxy groups -OCH3 is 1. The molecule has 2 aromatic rings. The second kappa shape index (κ2) is 5.66. The number of rotatable bonds is 4. The van der Waals surface area contributed by atoms with Crippen LogP contribution in [0.4, 0.5) is 4.39 Å². The van der Waals surface area contributed by atoms with Gasteiger partial charge < -0.3 is 10.1 Å². The first kappa shape index (κ1) is 13.8. The lowest BCUT2D eigenvalue weighted by Crippen LogP contribution is -2.05. The first-order chi connectivity index (χ1) is 10.2. The van der Waals surface area contributed by atoms with Crippen molar-refractivity contribution in [1.82, 2.24) is 5.32 Å². The van der Waals surface area contributed by atoms with E-state index in [1.165, 1.54) is 24.3 Å². The van der Waals surface area contributed by atoms with Gasteiger partial charge in [0.2, 0.25) is 0 Å². The molecule has 3 nitrogen and oxygen atoms in total. The van der Waals surface area contributed by atoms with Crippen molar-refractivity contribution in [2.45, 2.75) is 19.5 Å². The normalized spacial score (nSPS) is 13.0. The Balaban J connectivity index is 1.78. The van der Waals surface area contributed by atoms with Crippen molar-refractivity contribution in [1.29, 1.82) is 0 Å². The molecule has 1 heterocycles. The van der Waals surface area contributed by atoms with Crippen LogP contribution in [0, 0.1) is 5.82 Å². The van der Waals surface area contributed by atoms with Crippen molar-refractivity contribution < 1.29 is 13.9 Å². The summed E-state index contributed by atoms with van der Waals surface area (Å²) in [6.45, 7) is 1.65. The lowest BCUT2D eigenvalue weighted by Gasteiger charge is -2.06. The highest BCUT2D eigenvalue weighted by Gasteiger charge is 2.14. The predicted molar refractivity (Wildman–Crippen MR) is 78.0 cm³/mol. The number of carbonyl (C=O) groups excluding carboxylic acids is 1. The zero-order chi connectivity index (χ0) is 14.8. The molecule has 0 spiro atoms. The summed E-state index contributed by atoms with van der Waals surface area (Å²) in [5, 5.41) is 3.25. The fourth-order valence-electron chi connectivity index (χ4n) is 2.58. The number of ether oxygens (including phenoxy) is 1. The number of Topliss-reactive ketones (excluding diaryl/α,β-unsaturated/α-hetero) is 1. The average molecular weight is 285 g/mol. The Morgan fingerprint density at radius 1 is 1.19 bits per heavy atom. The van der Waals surface area contributed by atoms with E-state index >= 15 is 0 Å². The van der Waals surface area contributed by atoms with Gasteiger partial charge in [-0.3, -0.25) is 4.79 Å². The Kier molecular flexibility index (Phi) is 3.71. The third-order valence-electron chi connectivity index (χ3n) is 3.74. The summed E-state index contributed by atoms with van der Waals surface area (Å²) in [4.78, 5) is 12.3. The first-order valence-corrected chi connectivity index (χ1v) is 6.85. The Morgan fingerprint density at radius 2 is 2.00 bits per heavy atom. The molecule has 0 unspecified atom stereocenters. The zero-order valence-corrected chi connectivity index (χ0v) is 11.8. The second-order valence-electron chi connectivity index (χ2n) is 5.16. The largest absolute Gasteiger partial charge is 0.494 e. The summed E-state index contributed by atoms with van der Waals surface area (Å²) >= 11 is 0. The van der Waals surface area contributed by atoms with Crippen LogP contribution in [0.1, 0.15) is 27.0 Å². The van der Waals surface area contributed by atoms with Gasteiger partial charge in [-0.15, -0.1) is 0 Å². The van der Waals surface area contributed by atoms with Gasteiger partial charge in [-0.1, -0.05) is 18.2 Å². The lowest BCUT2D eigenvalue weighted by atomic mass is 9.99. The monoisotopic (exact) mass is 285 g/mol. The van der Waals surface area contributed by atoms with Crippen LogP contribution in [-0.2, 0) is 19.5 Å². The number of hydrogen-bond acceptors (Lipinski definition) is 3. The summed E-state index contributed by atoms with van der Waals surface area (Å²) in [5.74, 6) is -0.259. The molecular formula is C17H16FNO2. The SMILES string of the molecule is COc1ccc(CC(=O)c2ccc3c(c2)CNC3)cc1F. The number of hydrogen-bond donors (Lipinski definition) is 1. The maximum atomic E-state index is 13.6. The van der Waals surface area contributed by atoms with Gasteiger partial charge in [-0.2, -0.15) is 0 Å². The third-order valence-corrected chi connectivity index (χ3v) is 3.74. The average Bonchev–Trinajstić information content (AvgIpc) is 2.94. The van der Waals surface area contributed by atoms with E-state index in [2.05, 4.69) is 5.32 Å². The van der Waals surface area contributed by atoms with E-state index in [9.17, 15) is 9.18 Å². The quantitative estimate of drug-likeness (QED) is 0.878. The standard InChI is InChI=1S/C17H16FNO2/c1-21-17-5-2-11(6-15(17)18)7-16(20)12-3-4-13-9-19-10-14(13)8-12/h2-6,8,19H,7,9-10H2,1H3. The molecule has 2 aromatic carbocycles. The molecule has 0 saturated heterocycles. The van der Waals surface area contributed by atoms with E-state index in [0.717, 1.165) is 13.1 Å². The van der Waals surface area contributed by atoms with E-state index < -0.39 is 5.82 Å². The van der Waals surface area contributed by atoms with Crippen molar-refractivity contribution >= 4 is 5.78 Å². The molecular weight excluding hydrogens is 269 g/mol. The number of carbonyl (C=O) groups is 1. The van der Waals surface area contributed by atoms with Crippen LogP contribution in [0.2, 0.25) is 0 Å². The van der Waals surface area contributed by atoms with Gasteiger partial charge in [-0.05, 0) is 34.9 Å². The van der Waals surface area contributed by atoms with E-state index in [0.29, 0.717) is 11.1 Å². The van der Waals surface area contributed by atoms with E-state index in [1.54, 1.807) is 12.1 Å². The molecule has 4 heteroatoms. The van der Waals surface area contributed by atoms with Gasteiger partial charge in [0, 0.05) is 25.1 Å². The Hall–Kier alpha value is -2.20. The predicted octanol–water partition coefficient (Wildman–Crippen LogP) is 2.86. The van der Waals surface area contributed by atoms with Crippen LogP contribution in [0.25, 0.3) is 0 Å². The maximum absolute atomic E-state index is 13.6. The molecule has 0 fully saturated rings. The van der Waals surface area contributed by atoms with Crippen LogP contribution in [0.5, 0.6) is 5.75 Å². The van der Waals surface area contributed by atoms with Gasteiger partial charge in [0.1, 0.15) is 0 Å². The van der Waals surface area contributed by atoms with Crippen LogP contribution in [-0.4, -0.2) is 12.9 Å². The van der Waals surface area contributed by atoms with Crippen molar-refractivity contribution in [3.63, 3.8) is 0 Å². The summed E-state index contributed by atoms with van der Waals surface area (Å²) in [6, 6.07) is 10.4. The summed E-state index contributed by atoms with van der Waals surface area (Å²) in [7, 11) is 1.42. The molecule has 1 aliphatic rings. The highest BCUT2D eigenvalue weighted by Crippen LogP contribution is 2.21. The van der Waals surface area contributed by atoms with Crippen LogP contribution < -0.4 is 10.1 Å². The molecule has 0 bridgehead atoms. The number of halogens is 1. The molecule has 0 aliphatic carbocycles. The number of ketones is 1. The molecule has 0 saturated carbocycles. The molecule has 0 amide bonds. The smallest absolute Gasteiger partial charge is 0.167 e. The first-order valence-electron chi connectivity index (χ1n) is 6.85. The van der Waals surface area contributed by atoms with Crippen molar-refractivity contribution in [2.24, 2.45) is 0 Å². The van der Waals surface area contributed by atoms with Crippen molar-refractivity contribution in [2.75, 3.05) is 7.11 Å². The number of fused-ring (bicyclic) bond motifs is 1. The minimum atomic E-state index is -0.444. The molecule has 0 atom stereocenters. The summed E-state index contributed by atoms with van der Waals surface area (Å²) in [6.07, 6.45) is 0.188. The maximum Gasteiger partial charge on any atom is 0.167 e. The molecule has 3 rings (SSSR count). The Morgan fingerprint density at radius 3 is 2.76 bits per heavy atom. The van der Waals surface area contributed by atoms with Gasteiger partial charge in [0.25, 0.3) is 0 Å². The van der Waals surface area contributed by atoms with Crippen molar-refractivity contribution in [3.8, 4) is 5.75 Å². The summed E-state index contributed by atoms with van der Waals surface area (Å²) < 4.78 is 18.5. The second-order valence-corrected chi connectivity index (χ2v) is 5.16. The van der Waals surface area contributed by atoms with E-state index in [4.69, 9.17) is 4.74 Å². The highest BCUT2D eigenvalue weighted by atomic mass is 19.1. The minimum absolute atomic E-state index is 0.00531. The third kappa shape index (κ3) is 2.81. The fourth-order valence-corrected chi connectivity index (χ4v) is 2.58. The van der Waals surface area contributed by atoms with E-state index in [-0.39, 0.29) is 18.0 Å². The summed E-state index contributed by atoms with van der Waals surface area (Å²) in [5.41, 5.74) is 3.73. The molecule has 21 heavy (non-hydrogen) atoms. The van der Waals surface area contributed by atoms with Crippen molar-refractivity contribution in [3.05, 3.63) is 64.5 Å².